The minimum atomic E-state index is -1.07. The zero-order valence-corrected chi connectivity index (χ0v) is 14.3. The Labute approximate surface area is 142 Å². The zero-order chi connectivity index (χ0) is 17.7. The second kappa shape index (κ2) is 7.24. The molecular formula is C19H21N3O2. The van der Waals surface area contributed by atoms with Crippen molar-refractivity contribution in [3.8, 4) is 11.8 Å². The number of aromatic nitrogens is 2. The highest BCUT2D eigenvalue weighted by Gasteiger charge is 2.19. The average Bonchev–Trinajstić information content (AvgIpc) is 2.58. The fourth-order valence-electron chi connectivity index (χ4n) is 2.08. The Morgan fingerprint density at radius 2 is 2.08 bits per heavy atom. The van der Waals surface area contributed by atoms with Gasteiger partial charge in [-0.25, -0.2) is 9.97 Å². The van der Waals surface area contributed by atoms with Crippen LogP contribution in [0.4, 0.5) is 0 Å². The predicted molar refractivity (Wildman–Crippen MR) is 92.2 cm³/mol. The topological polar surface area (TPSA) is 66.3 Å². The number of hydrogen-bond donors (Lipinski definition) is 1. The molecule has 0 fully saturated rings. The molecule has 1 aromatic heterocycles. The van der Waals surface area contributed by atoms with Gasteiger partial charge in [0.2, 0.25) is 0 Å². The van der Waals surface area contributed by atoms with Crippen LogP contribution in [0.5, 0.6) is 0 Å². The molecule has 0 saturated carbocycles. The van der Waals surface area contributed by atoms with Gasteiger partial charge >= 0.3 is 0 Å². The van der Waals surface area contributed by atoms with Crippen LogP contribution in [0.3, 0.4) is 0 Å². The van der Waals surface area contributed by atoms with Crippen molar-refractivity contribution < 1.29 is 9.90 Å². The van der Waals surface area contributed by atoms with E-state index in [0.717, 1.165) is 5.69 Å². The third-order valence-electron chi connectivity index (χ3n) is 3.56. The molecule has 1 N–H and O–H groups in total. The molecular weight excluding hydrogens is 302 g/mol. The Kier molecular flexibility index (Phi) is 5.32. The first-order valence-corrected chi connectivity index (χ1v) is 7.66. The van der Waals surface area contributed by atoms with Gasteiger partial charge in [0.1, 0.15) is 11.9 Å². The van der Waals surface area contributed by atoms with Gasteiger partial charge in [-0.3, -0.25) is 4.79 Å². The third kappa shape index (κ3) is 4.64. The number of rotatable bonds is 3. The SMILES string of the molecule is C[C@H](c1ccncn1)N(C)C(=O)c1cccc(C#CC(C)(C)O)c1. The second-order valence-electron chi connectivity index (χ2n) is 6.12. The highest BCUT2D eigenvalue weighted by molar-refractivity contribution is 5.94. The van der Waals surface area contributed by atoms with Crippen LogP contribution in [0.2, 0.25) is 0 Å². The van der Waals surface area contributed by atoms with Crippen LogP contribution in [0.15, 0.2) is 42.9 Å². The Bertz CT molecular complexity index is 770. The maximum atomic E-state index is 12.7. The maximum absolute atomic E-state index is 12.7. The van der Waals surface area contributed by atoms with Crippen LogP contribution in [0.1, 0.15) is 48.4 Å². The number of benzene rings is 1. The molecule has 0 bridgehead atoms. The van der Waals surface area contributed by atoms with Crippen LogP contribution >= 0.6 is 0 Å². The van der Waals surface area contributed by atoms with Crippen molar-refractivity contribution in [2.45, 2.75) is 32.4 Å². The summed E-state index contributed by atoms with van der Waals surface area (Å²) in [6.45, 7) is 5.15. The van der Waals surface area contributed by atoms with Gasteiger partial charge in [-0.05, 0) is 45.0 Å². The van der Waals surface area contributed by atoms with Gasteiger partial charge in [-0.1, -0.05) is 17.9 Å². The fraction of sp³-hybridized carbons (Fsp3) is 0.316. The molecule has 24 heavy (non-hydrogen) atoms. The molecule has 0 aliphatic carbocycles. The summed E-state index contributed by atoms with van der Waals surface area (Å²) in [7, 11) is 1.74. The summed E-state index contributed by atoms with van der Waals surface area (Å²) in [6, 6.07) is 8.69. The first kappa shape index (κ1) is 17.6. The van der Waals surface area contributed by atoms with Crippen molar-refractivity contribution in [3.05, 3.63) is 59.7 Å². The monoisotopic (exact) mass is 323 g/mol. The Morgan fingerprint density at radius 1 is 1.33 bits per heavy atom. The lowest BCUT2D eigenvalue weighted by Crippen LogP contribution is -2.30. The van der Waals surface area contributed by atoms with Gasteiger partial charge < -0.3 is 10.0 Å². The number of aliphatic hydroxyl groups is 1. The Balaban J connectivity index is 2.21. The summed E-state index contributed by atoms with van der Waals surface area (Å²) < 4.78 is 0. The van der Waals surface area contributed by atoms with E-state index < -0.39 is 5.60 Å². The molecule has 0 aliphatic heterocycles. The fourth-order valence-corrected chi connectivity index (χ4v) is 2.08. The minimum Gasteiger partial charge on any atom is -0.378 e. The van der Waals surface area contributed by atoms with E-state index in [-0.39, 0.29) is 11.9 Å². The molecule has 1 heterocycles. The van der Waals surface area contributed by atoms with E-state index in [1.165, 1.54) is 6.33 Å². The summed E-state index contributed by atoms with van der Waals surface area (Å²) in [5.74, 6) is 5.52. The van der Waals surface area contributed by atoms with Gasteiger partial charge in [-0.2, -0.15) is 0 Å². The number of carbonyl (C=O) groups excluding carboxylic acids is 1. The van der Waals surface area contributed by atoms with Crippen LogP contribution in [0.25, 0.3) is 0 Å². The van der Waals surface area contributed by atoms with Crippen molar-refractivity contribution in [2.24, 2.45) is 0 Å². The summed E-state index contributed by atoms with van der Waals surface area (Å²) >= 11 is 0. The van der Waals surface area contributed by atoms with E-state index in [1.807, 2.05) is 13.0 Å². The van der Waals surface area contributed by atoms with E-state index in [4.69, 9.17) is 0 Å². The lowest BCUT2D eigenvalue weighted by molar-refractivity contribution is 0.0739. The molecule has 1 atom stereocenters. The molecule has 5 heteroatoms. The molecule has 0 aliphatic rings. The van der Waals surface area contributed by atoms with Crippen molar-refractivity contribution in [1.29, 1.82) is 0 Å². The molecule has 1 amide bonds. The van der Waals surface area contributed by atoms with E-state index in [9.17, 15) is 9.90 Å². The van der Waals surface area contributed by atoms with Gasteiger partial charge in [-0.15, -0.1) is 0 Å². The van der Waals surface area contributed by atoms with Crippen LogP contribution in [-0.4, -0.2) is 38.5 Å². The second-order valence-corrected chi connectivity index (χ2v) is 6.12. The number of hydrogen-bond acceptors (Lipinski definition) is 4. The molecule has 124 valence electrons. The standard InChI is InChI=1S/C19H21N3O2/c1-14(17-9-11-20-13-21-17)22(4)18(23)16-7-5-6-15(12-16)8-10-19(2,3)24/h5-7,9,11-14,24H,1-4H3/t14-/m1/s1. The molecule has 0 unspecified atom stereocenters. The largest absolute Gasteiger partial charge is 0.378 e. The Morgan fingerprint density at radius 3 is 2.71 bits per heavy atom. The zero-order valence-electron chi connectivity index (χ0n) is 14.3. The molecule has 0 radical (unpaired) electrons. The highest BCUT2D eigenvalue weighted by Crippen LogP contribution is 2.18. The molecule has 0 spiro atoms. The van der Waals surface area contributed by atoms with Crippen molar-refractivity contribution in [3.63, 3.8) is 0 Å². The minimum absolute atomic E-state index is 0.118. The highest BCUT2D eigenvalue weighted by atomic mass is 16.3. The smallest absolute Gasteiger partial charge is 0.254 e. The summed E-state index contributed by atoms with van der Waals surface area (Å²) in [5.41, 5.74) is 0.934. The summed E-state index contributed by atoms with van der Waals surface area (Å²) in [6.07, 6.45) is 3.13. The summed E-state index contributed by atoms with van der Waals surface area (Å²) in [5, 5.41) is 9.68. The lowest BCUT2D eigenvalue weighted by atomic mass is 10.1. The van der Waals surface area contributed by atoms with Gasteiger partial charge in [0.15, 0.2) is 0 Å². The summed E-state index contributed by atoms with van der Waals surface area (Å²) in [4.78, 5) is 22.4. The molecule has 0 saturated heterocycles. The van der Waals surface area contributed by atoms with Crippen LogP contribution in [-0.2, 0) is 0 Å². The lowest BCUT2D eigenvalue weighted by Gasteiger charge is -2.24. The number of carbonyl (C=O) groups is 1. The first-order valence-electron chi connectivity index (χ1n) is 7.66. The maximum Gasteiger partial charge on any atom is 0.254 e. The first-order chi connectivity index (χ1) is 11.3. The van der Waals surface area contributed by atoms with E-state index in [2.05, 4.69) is 21.8 Å². The van der Waals surface area contributed by atoms with Gasteiger partial charge in [0, 0.05) is 24.4 Å². The molecule has 2 rings (SSSR count). The third-order valence-corrected chi connectivity index (χ3v) is 3.56. The molecule has 5 nitrogen and oxygen atoms in total. The number of amides is 1. The molecule has 1 aromatic carbocycles. The van der Waals surface area contributed by atoms with Crippen molar-refractivity contribution in [2.75, 3.05) is 7.05 Å². The quantitative estimate of drug-likeness (QED) is 0.881. The van der Waals surface area contributed by atoms with Gasteiger partial charge in [0.05, 0.1) is 11.7 Å². The predicted octanol–water partition coefficient (Wildman–Crippen LogP) is 2.43. The number of nitrogens with zero attached hydrogens (tertiary/aromatic N) is 3. The normalized spacial score (nSPS) is 12.0. The van der Waals surface area contributed by atoms with Crippen LogP contribution < -0.4 is 0 Å². The van der Waals surface area contributed by atoms with E-state index >= 15 is 0 Å². The van der Waals surface area contributed by atoms with E-state index in [0.29, 0.717) is 11.1 Å². The Hall–Kier alpha value is -2.71. The van der Waals surface area contributed by atoms with Crippen LogP contribution in [0, 0.1) is 11.8 Å². The van der Waals surface area contributed by atoms with E-state index in [1.54, 1.807) is 56.3 Å². The average molecular weight is 323 g/mol. The van der Waals surface area contributed by atoms with Crippen molar-refractivity contribution >= 4 is 5.91 Å². The van der Waals surface area contributed by atoms with Gasteiger partial charge in [0.25, 0.3) is 5.91 Å². The molecule has 2 aromatic rings. The van der Waals surface area contributed by atoms with Crippen molar-refractivity contribution in [1.82, 2.24) is 14.9 Å².